The second-order valence-corrected chi connectivity index (χ2v) is 5.19. The molecule has 0 aliphatic carbocycles. The van der Waals surface area contributed by atoms with E-state index in [9.17, 15) is 0 Å². The van der Waals surface area contributed by atoms with E-state index < -0.39 is 5.67 Å². The quantitative estimate of drug-likeness (QED) is 0.900. The first-order chi connectivity index (χ1) is 9.56. The van der Waals surface area contributed by atoms with Gasteiger partial charge in [-0.1, -0.05) is 0 Å². The van der Waals surface area contributed by atoms with E-state index in [4.69, 9.17) is 14.2 Å². The summed E-state index contributed by atoms with van der Waals surface area (Å²) in [5, 5.41) is 3.27. The Morgan fingerprint density at radius 3 is 2.80 bits per heavy atom. The SMILES string of the molecule is COc1ccc(OC)c(C(C)(F)CC2COCCN2)c1. The third kappa shape index (κ3) is 3.41. The van der Waals surface area contributed by atoms with Crippen molar-refractivity contribution in [2.45, 2.75) is 25.1 Å². The summed E-state index contributed by atoms with van der Waals surface area (Å²) in [6, 6.07) is 5.20. The highest BCUT2D eigenvalue weighted by Crippen LogP contribution is 2.39. The summed E-state index contributed by atoms with van der Waals surface area (Å²) in [7, 11) is 3.11. The summed E-state index contributed by atoms with van der Waals surface area (Å²) in [5.41, 5.74) is -1.01. The Morgan fingerprint density at radius 2 is 2.20 bits per heavy atom. The largest absolute Gasteiger partial charge is 0.497 e. The third-order valence-corrected chi connectivity index (χ3v) is 3.60. The van der Waals surface area contributed by atoms with Crippen molar-refractivity contribution >= 4 is 0 Å². The fraction of sp³-hybridized carbons (Fsp3) is 0.600. The summed E-state index contributed by atoms with van der Waals surface area (Å²) in [6.45, 7) is 3.55. The van der Waals surface area contributed by atoms with E-state index >= 15 is 4.39 Å². The Morgan fingerprint density at radius 1 is 1.40 bits per heavy atom. The van der Waals surface area contributed by atoms with Crippen molar-refractivity contribution in [2.24, 2.45) is 0 Å². The topological polar surface area (TPSA) is 39.7 Å². The second kappa shape index (κ2) is 6.41. The second-order valence-electron chi connectivity index (χ2n) is 5.19. The van der Waals surface area contributed by atoms with Gasteiger partial charge >= 0.3 is 0 Å². The first-order valence-corrected chi connectivity index (χ1v) is 6.79. The normalized spacial score (nSPS) is 22.1. The Hall–Kier alpha value is -1.33. The molecule has 112 valence electrons. The number of halogens is 1. The Labute approximate surface area is 119 Å². The van der Waals surface area contributed by atoms with Crippen LogP contribution in [0.5, 0.6) is 11.5 Å². The Balaban J connectivity index is 2.22. The minimum Gasteiger partial charge on any atom is -0.497 e. The molecule has 1 aliphatic heterocycles. The smallest absolute Gasteiger partial charge is 0.138 e. The fourth-order valence-electron chi connectivity index (χ4n) is 2.54. The highest BCUT2D eigenvalue weighted by molar-refractivity contribution is 5.43. The van der Waals surface area contributed by atoms with E-state index in [0.717, 1.165) is 6.54 Å². The molecule has 1 heterocycles. The van der Waals surface area contributed by atoms with Crippen molar-refractivity contribution < 1.29 is 18.6 Å². The van der Waals surface area contributed by atoms with Crippen LogP contribution in [0.25, 0.3) is 0 Å². The zero-order chi connectivity index (χ0) is 14.6. The van der Waals surface area contributed by atoms with Crippen LogP contribution in [0.3, 0.4) is 0 Å². The molecule has 0 aromatic heterocycles. The molecule has 0 spiro atoms. The fourth-order valence-corrected chi connectivity index (χ4v) is 2.54. The standard InChI is InChI=1S/C15H22FNO3/c1-15(16,9-11-10-20-7-6-17-11)13-8-12(18-2)4-5-14(13)19-3/h4-5,8,11,17H,6-7,9-10H2,1-3H3. The van der Waals surface area contributed by atoms with Gasteiger partial charge in [0, 0.05) is 24.6 Å². The van der Waals surface area contributed by atoms with Gasteiger partial charge in [-0.05, 0) is 25.1 Å². The molecule has 1 aromatic rings. The number of nitrogens with one attached hydrogen (secondary N) is 1. The zero-order valence-electron chi connectivity index (χ0n) is 12.2. The van der Waals surface area contributed by atoms with Gasteiger partial charge in [-0.2, -0.15) is 0 Å². The van der Waals surface area contributed by atoms with E-state index in [-0.39, 0.29) is 6.04 Å². The number of rotatable bonds is 5. The molecule has 1 N–H and O–H groups in total. The van der Waals surface area contributed by atoms with Crippen LogP contribution in [0.15, 0.2) is 18.2 Å². The van der Waals surface area contributed by atoms with Gasteiger partial charge in [0.1, 0.15) is 17.2 Å². The molecule has 2 unspecified atom stereocenters. The van der Waals surface area contributed by atoms with Gasteiger partial charge in [0.05, 0.1) is 27.4 Å². The maximum absolute atomic E-state index is 15.1. The van der Waals surface area contributed by atoms with Crippen molar-refractivity contribution in [3.05, 3.63) is 23.8 Å². The van der Waals surface area contributed by atoms with Gasteiger partial charge in [0.2, 0.25) is 0 Å². The third-order valence-electron chi connectivity index (χ3n) is 3.60. The number of hydrogen-bond acceptors (Lipinski definition) is 4. The number of morpholine rings is 1. The molecule has 0 amide bonds. The Kier molecular flexibility index (Phi) is 4.83. The summed E-state index contributed by atoms with van der Waals surface area (Å²) in [5.74, 6) is 1.16. The van der Waals surface area contributed by atoms with Crippen LogP contribution in [-0.2, 0) is 10.4 Å². The van der Waals surface area contributed by atoms with E-state index in [1.54, 1.807) is 39.3 Å². The van der Waals surface area contributed by atoms with Crippen LogP contribution in [0.2, 0.25) is 0 Å². The molecule has 0 saturated carbocycles. The minimum absolute atomic E-state index is 0.00894. The van der Waals surface area contributed by atoms with Gasteiger partial charge in [-0.25, -0.2) is 4.39 Å². The Bertz CT molecular complexity index is 445. The average molecular weight is 283 g/mol. The number of ether oxygens (including phenoxy) is 3. The maximum atomic E-state index is 15.1. The predicted octanol–water partition coefficient (Wildman–Crippen LogP) is 2.27. The molecule has 2 rings (SSSR count). The highest BCUT2D eigenvalue weighted by Gasteiger charge is 2.33. The minimum atomic E-state index is -1.52. The van der Waals surface area contributed by atoms with Crippen LogP contribution in [-0.4, -0.2) is 40.0 Å². The van der Waals surface area contributed by atoms with Crippen molar-refractivity contribution in [1.29, 1.82) is 0 Å². The van der Waals surface area contributed by atoms with Crippen LogP contribution in [0, 0.1) is 0 Å². The van der Waals surface area contributed by atoms with Crippen LogP contribution in [0.1, 0.15) is 18.9 Å². The molecule has 0 bridgehead atoms. The molecule has 0 radical (unpaired) electrons. The lowest BCUT2D eigenvalue weighted by atomic mass is 9.89. The molecule has 20 heavy (non-hydrogen) atoms. The van der Waals surface area contributed by atoms with E-state index in [0.29, 0.717) is 36.7 Å². The monoisotopic (exact) mass is 283 g/mol. The van der Waals surface area contributed by atoms with Crippen LogP contribution < -0.4 is 14.8 Å². The van der Waals surface area contributed by atoms with Gasteiger partial charge in [-0.15, -0.1) is 0 Å². The van der Waals surface area contributed by atoms with Crippen molar-refractivity contribution in [2.75, 3.05) is 34.0 Å². The first kappa shape index (κ1) is 15.1. The summed E-state index contributed by atoms with van der Waals surface area (Å²) >= 11 is 0. The van der Waals surface area contributed by atoms with E-state index in [2.05, 4.69) is 5.32 Å². The molecule has 4 nitrogen and oxygen atoms in total. The molecule has 5 heteroatoms. The molecule has 1 aliphatic rings. The average Bonchev–Trinajstić information content (AvgIpc) is 2.47. The summed E-state index contributed by atoms with van der Waals surface area (Å²) in [4.78, 5) is 0. The molecule has 2 atom stereocenters. The number of alkyl halides is 1. The van der Waals surface area contributed by atoms with Gasteiger partial charge in [0.25, 0.3) is 0 Å². The first-order valence-electron chi connectivity index (χ1n) is 6.79. The maximum Gasteiger partial charge on any atom is 0.138 e. The molecule has 1 saturated heterocycles. The molecule has 1 aromatic carbocycles. The molecular weight excluding hydrogens is 261 g/mol. The lowest BCUT2D eigenvalue weighted by Gasteiger charge is -2.31. The predicted molar refractivity (Wildman–Crippen MR) is 75.2 cm³/mol. The van der Waals surface area contributed by atoms with Gasteiger partial charge in [0.15, 0.2) is 0 Å². The highest BCUT2D eigenvalue weighted by atomic mass is 19.1. The summed E-state index contributed by atoms with van der Waals surface area (Å²) < 4.78 is 31.0. The summed E-state index contributed by atoms with van der Waals surface area (Å²) in [6.07, 6.45) is 0.330. The lowest BCUT2D eigenvalue weighted by molar-refractivity contribution is 0.0467. The van der Waals surface area contributed by atoms with E-state index in [1.807, 2.05) is 0 Å². The van der Waals surface area contributed by atoms with E-state index in [1.165, 1.54) is 0 Å². The molecule has 1 fully saturated rings. The van der Waals surface area contributed by atoms with Gasteiger partial charge < -0.3 is 19.5 Å². The van der Waals surface area contributed by atoms with Crippen molar-refractivity contribution in [3.63, 3.8) is 0 Å². The van der Waals surface area contributed by atoms with Crippen LogP contribution >= 0.6 is 0 Å². The molecular formula is C15H22FNO3. The van der Waals surface area contributed by atoms with Crippen molar-refractivity contribution in [3.8, 4) is 11.5 Å². The van der Waals surface area contributed by atoms with Crippen LogP contribution in [0.4, 0.5) is 4.39 Å². The number of methoxy groups -OCH3 is 2. The number of benzene rings is 1. The lowest BCUT2D eigenvalue weighted by Crippen LogP contribution is -2.44. The van der Waals surface area contributed by atoms with Crippen molar-refractivity contribution in [1.82, 2.24) is 5.32 Å². The van der Waals surface area contributed by atoms with Gasteiger partial charge in [-0.3, -0.25) is 0 Å². The number of hydrogen-bond donors (Lipinski definition) is 1. The zero-order valence-corrected chi connectivity index (χ0v) is 12.2.